The molecule has 5 nitrogen and oxygen atoms in total. The van der Waals surface area contributed by atoms with Gasteiger partial charge in [0.05, 0.1) is 6.20 Å². The van der Waals surface area contributed by atoms with Crippen molar-refractivity contribution in [3.8, 4) is 0 Å². The maximum atomic E-state index is 10.9. The maximum absolute atomic E-state index is 10.9. The van der Waals surface area contributed by atoms with Gasteiger partial charge in [0, 0.05) is 0 Å². The number of nitrogens with zero attached hydrogens (tertiary/aromatic N) is 2. The number of ether oxygens (including phenoxy) is 1. The number of aromatic amines is 1. The lowest BCUT2D eigenvalue weighted by Crippen LogP contribution is -2.05. The molecule has 1 heterocycles. The first-order chi connectivity index (χ1) is 5.34. The molecule has 0 amide bonds. The number of hydrogen-bond donors (Lipinski definition) is 1. The summed E-state index contributed by atoms with van der Waals surface area (Å²) in [5, 5.41) is 9.20. The summed E-state index contributed by atoms with van der Waals surface area (Å²) in [5.41, 5.74) is 0.173. The second kappa shape index (κ2) is 3.50. The number of carbonyl (C=O) groups excluding carboxylic acids is 1. The molecule has 1 N–H and O–H groups in total. The van der Waals surface area contributed by atoms with Crippen molar-refractivity contribution in [3.05, 3.63) is 24.5 Å². The van der Waals surface area contributed by atoms with Crippen LogP contribution >= 0.6 is 0 Å². The maximum Gasteiger partial charge on any atom is 0.360 e. The summed E-state index contributed by atoms with van der Waals surface area (Å²) < 4.78 is 4.66. The third kappa shape index (κ3) is 1.89. The van der Waals surface area contributed by atoms with Gasteiger partial charge in [-0.05, 0) is 0 Å². The van der Waals surface area contributed by atoms with E-state index in [0.717, 1.165) is 0 Å². The van der Waals surface area contributed by atoms with Gasteiger partial charge in [-0.2, -0.15) is 0 Å². The van der Waals surface area contributed by atoms with Crippen LogP contribution < -0.4 is 0 Å². The summed E-state index contributed by atoms with van der Waals surface area (Å²) in [6.07, 6.45) is 2.85. The first-order valence-corrected chi connectivity index (χ1v) is 2.99. The molecule has 5 heteroatoms. The van der Waals surface area contributed by atoms with E-state index in [-0.39, 0.29) is 12.3 Å². The summed E-state index contributed by atoms with van der Waals surface area (Å²) in [7, 11) is 0. The lowest BCUT2D eigenvalue weighted by atomic mass is 10.5. The average Bonchev–Trinajstić information content (AvgIpc) is 2.52. The Morgan fingerprint density at radius 1 is 1.91 bits per heavy atom. The van der Waals surface area contributed by atoms with Crippen LogP contribution in [0.5, 0.6) is 0 Å². The Hall–Kier alpha value is -1.65. The van der Waals surface area contributed by atoms with Gasteiger partial charge >= 0.3 is 5.97 Å². The van der Waals surface area contributed by atoms with Gasteiger partial charge in [-0.15, -0.1) is 5.10 Å². The van der Waals surface area contributed by atoms with Crippen LogP contribution in [0.15, 0.2) is 18.9 Å². The first kappa shape index (κ1) is 7.46. The molecule has 0 atom stereocenters. The van der Waals surface area contributed by atoms with Crippen molar-refractivity contribution in [2.24, 2.45) is 0 Å². The van der Waals surface area contributed by atoms with E-state index < -0.39 is 5.97 Å². The van der Waals surface area contributed by atoms with E-state index >= 15 is 0 Å². The lowest BCUT2D eigenvalue weighted by Gasteiger charge is -1.94. The van der Waals surface area contributed by atoms with Crippen molar-refractivity contribution in [1.29, 1.82) is 0 Å². The van der Waals surface area contributed by atoms with Crippen LogP contribution in [0.2, 0.25) is 0 Å². The molecule has 11 heavy (non-hydrogen) atoms. The minimum Gasteiger partial charge on any atom is -0.457 e. The monoisotopic (exact) mass is 153 g/mol. The molecule has 1 rings (SSSR count). The Morgan fingerprint density at radius 3 is 3.27 bits per heavy atom. The van der Waals surface area contributed by atoms with Crippen LogP contribution in [0.25, 0.3) is 0 Å². The highest BCUT2D eigenvalue weighted by molar-refractivity contribution is 5.86. The van der Waals surface area contributed by atoms with Gasteiger partial charge in [-0.1, -0.05) is 17.9 Å². The van der Waals surface area contributed by atoms with E-state index in [1.807, 2.05) is 0 Å². The normalized spacial score (nSPS) is 9.09. The fourth-order valence-corrected chi connectivity index (χ4v) is 0.510. The van der Waals surface area contributed by atoms with Gasteiger partial charge in [0.2, 0.25) is 0 Å². The molecule has 58 valence electrons. The zero-order chi connectivity index (χ0) is 8.10. The topological polar surface area (TPSA) is 67.9 Å². The standard InChI is InChI=1S/C6H7N3O2/c1-2-3-11-6(10)5-4-7-9-8-5/h2,4H,1,3H2,(H,7,8,9). The van der Waals surface area contributed by atoms with E-state index in [4.69, 9.17) is 0 Å². The van der Waals surface area contributed by atoms with Crippen molar-refractivity contribution >= 4 is 5.97 Å². The molecule has 1 aromatic rings. The summed E-state index contributed by atoms with van der Waals surface area (Å²) in [6.45, 7) is 3.58. The number of carbonyl (C=O) groups is 1. The van der Waals surface area contributed by atoms with Crippen LogP contribution in [0.1, 0.15) is 10.5 Å². The fraction of sp³-hybridized carbons (Fsp3) is 0.167. The highest BCUT2D eigenvalue weighted by atomic mass is 16.5. The van der Waals surface area contributed by atoms with Crippen molar-refractivity contribution in [2.45, 2.75) is 0 Å². The van der Waals surface area contributed by atoms with Crippen molar-refractivity contribution < 1.29 is 9.53 Å². The van der Waals surface area contributed by atoms with E-state index in [9.17, 15) is 4.79 Å². The minimum atomic E-state index is -0.501. The number of esters is 1. The zero-order valence-corrected chi connectivity index (χ0v) is 5.78. The highest BCUT2D eigenvalue weighted by Crippen LogP contribution is 1.92. The minimum absolute atomic E-state index is 0.173. The predicted molar refractivity (Wildman–Crippen MR) is 36.9 cm³/mol. The number of nitrogens with one attached hydrogen (secondary N) is 1. The summed E-state index contributed by atoms with van der Waals surface area (Å²) in [5.74, 6) is -0.501. The quantitative estimate of drug-likeness (QED) is 0.495. The van der Waals surface area contributed by atoms with Gasteiger partial charge in [0.1, 0.15) is 6.61 Å². The van der Waals surface area contributed by atoms with Gasteiger partial charge in [-0.3, -0.25) is 5.10 Å². The Labute approximate surface area is 63.1 Å². The van der Waals surface area contributed by atoms with E-state index in [0.29, 0.717) is 0 Å². The van der Waals surface area contributed by atoms with Crippen molar-refractivity contribution in [1.82, 2.24) is 15.4 Å². The number of H-pyrrole nitrogens is 1. The van der Waals surface area contributed by atoms with Gasteiger partial charge in [0.15, 0.2) is 5.69 Å². The Kier molecular flexibility index (Phi) is 2.37. The molecule has 0 saturated heterocycles. The molecule has 0 aliphatic heterocycles. The largest absolute Gasteiger partial charge is 0.457 e. The van der Waals surface area contributed by atoms with Gasteiger partial charge < -0.3 is 4.74 Å². The van der Waals surface area contributed by atoms with E-state index in [1.165, 1.54) is 12.3 Å². The van der Waals surface area contributed by atoms with Crippen LogP contribution in [0.4, 0.5) is 0 Å². The molecule has 0 aromatic carbocycles. The van der Waals surface area contributed by atoms with Crippen LogP contribution in [-0.2, 0) is 4.74 Å². The Morgan fingerprint density at radius 2 is 2.73 bits per heavy atom. The molecule has 0 spiro atoms. The van der Waals surface area contributed by atoms with E-state index in [1.54, 1.807) is 0 Å². The second-order valence-corrected chi connectivity index (χ2v) is 1.75. The molecule has 0 bridgehead atoms. The molecule has 0 radical (unpaired) electrons. The summed E-state index contributed by atoms with van der Waals surface area (Å²) >= 11 is 0. The third-order valence-electron chi connectivity index (χ3n) is 0.958. The molecule has 0 saturated carbocycles. The van der Waals surface area contributed by atoms with Crippen molar-refractivity contribution in [3.63, 3.8) is 0 Å². The lowest BCUT2D eigenvalue weighted by molar-refractivity contribution is 0.0543. The van der Waals surface area contributed by atoms with Crippen LogP contribution in [0, 0.1) is 0 Å². The predicted octanol–water partition coefficient (Wildman–Crippen LogP) is 0.148. The molecule has 1 aromatic heterocycles. The van der Waals surface area contributed by atoms with Gasteiger partial charge in [0.25, 0.3) is 0 Å². The number of rotatable bonds is 3. The Bertz CT molecular complexity index is 242. The SMILES string of the molecule is C=CCOC(=O)c1c[nH]nn1. The fourth-order valence-electron chi connectivity index (χ4n) is 0.510. The number of aromatic nitrogens is 3. The zero-order valence-electron chi connectivity index (χ0n) is 5.78. The second-order valence-electron chi connectivity index (χ2n) is 1.75. The summed E-state index contributed by atoms with van der Waals surface area (Å²) in [6, 6.07) is 0. The molecule has 0 aliphatic carbocycles. The van der Waals surface area contributed by atoms with Gasteiger partial charge in [-0.25, -0.2) is 4.79 Å². The smallest absolute Gasteiger partial charge is 0.360 e. The van der Waals surface area contributed by atoms with Crippen LogP contribution in [-0.4, -0.2) is 28.0 Å². The third-order valence-corrected chi connectivity index (χ3v) is 0.958. The molecular weight excluding hydrogens is 146 g/mol. The van der Waals surface area contributed by atoms with E-state index in [2.05, 4.69) is 26.7 Å². The molecule has 0 fully saturated rings. The van der Waals surface area contributed by atoms with Crippen molar-refractivity contribution in [2.75, 3.05) is 6.61 Å². The average molecular weight is 153 g/mol. The molecular formula is C6H7N3O2. The number of hydrogen-bond acceptors (Lipinski definition) is 4. The molecule has 0 unspecified atom stereocenters. The Balaban J connectivity index is 2.49. The van der Waals surface area contributed by atoms with Crippen LogP contribution in [0.3, 0.4) is 0 Å². The molecule has 0 aliphatic rings. The highest BCUT2D eigenvalue weighted by Gasteiger charge is 2.07. The summed E-state index contributed by atoms with van der Waals surface area (Å²) in [4.78, 5) is 10.9. The first-order valence-electron chi connectivity index (χ1n) is 2.99.